The SMILES string of the molecule is CC(C)C(NC(=O)Cc1c[nH]c2cc(F)ccc12)C(=O)O. The maximum atomic E-state index is 13.1. The first-order valence-corrected chi connectivity index (χ1v) is 6.66. The second-order valence-electron chi connectivity index (χ2n) is 5.31. The topological polar surface area (TPSA) is 82.2 Å². The molecule has 1 amide bonds. The van der Waals surface area contributed by atoms with Crippen LogP contribution in [0.4, 0.5) is 4.39 Å². The number of carbonyl (C=O) groups is 2. The lowest BCUT2D eigenvalue weighted by Crippen LogP contribution is -2.44. The number of hydrogen-bond acceptors (Lipinski definition) is 2. The molecule has 1 atom stereocenters. The molecule has 0 bridgehead atoms. The molecule has 0 saturated carbocycles. The van der Waals surface area contributed by atoms with Crippen LogP contribution in [0.1, 0.15) is 19.4 Å². The van der Waals surface area contributed by atoms with Gasteiger partial charge in [-0.3, -0.25) is 4.79 Å². The van der Waals surface area contributed by atoms with E-state index in [9.17, 15) is 14.0 Å². The van der Waals surface area contributed by atoms with Gasteiger partial charge in [0.15, 0.2) is 0 Å². The third-order valence-electron chi connectivity index (χ3n) is 3.33. The van der Waals surface area contributed by atoms with Crippen molar-refractivity contribution in [3.8, 4) is 0 Å². The molecular formula is C15H17FN2O3. The first-order chi connectivity index (χ1) is 9.88. The first-order valence-electron chi connectivity index (χ1n) is 6.66. The lowest BCUT2D eigenvalue weighted by molar-refractivity contribution is -0.143. The Morgan fingerprint density at radius 1 is 1.38 bits per heavy atom. The molecule has 1 heterocycles. The highest BCUT2D eigenvalue weighted by Gasteiger charge is 2.23. The van der Waals surface area contributed by atoms with Crippen molar-refractivity contribution in [1.82, 2.24) is 10.3 Å². The number of H-pyrrole nitrogens is 1. The predicted molar refractivity (Wildman–Crippen MR) is 76.4 cm³/mol. The zero-order valence-corrected chi connectivity index (χ0v) is 11.8. The molecule has 21 heavy (non-hydrogen) atoms. The molecular weight excluding hydrogens is 275 g/mol. The van der Waals surface area contributed by atoms with Crippen LogP contribution in [0.3, 0.4) is 0 Å². The van der Waals surface area contributed by atoms with Crippen LogP contribution in [-0.2, 0) is 16.0 Å². The second-order valence-corrected chi connectivity index (χ2v) is 5.31. The molecule has 2 rings (SSSR count). The summed E-state index contributed by atoms with van der Waals surface area (Å²) < 4.78 is 13.1. The summed E-state index contributed by atoms with van der Waals surface area (Å²) in [5.41, 5.74) is 1.31. The Morgan fingerprint density at radius 2 is 2.10 bits per heavy atom. The van der Waals surface area contributed by atoms with Crippen LogP contribution in [-0.4, -0.2) is 28.0 Å². The largest absolute Gasteiger partial charge is 0.480 e. The van der Waals surface area contributed by atoms with Gasteiger partial charge in [0.05, 0.1) is 6.42 Å². The molecule has 0 aliphatic rings. The van der Waals surface area contributed by atoms with Crippen molar-refractivity contribution in [1.29, 1.82) is 0 Å². The van der Waals surface area contributed by atoms with Gasteiger partial charge in [-0.1, -0.05) is 13.8 Å². The minimum absolute atomic E-state index is 0.0438. The van der Waals surface area contributed by atoms with Crippen molar-refractivity contribution in [2.45, 2.75) is 26.3 Å². The van der Waals surface area contributed by atoms with E-state index in [4.69, 9.17) is 5.11 Å². The van der Waals surface area contributed by atoms with Gasteiger partial charge in [-0.2, -0.15) is 0 Å². The van der Waals surface area contributed by atoms with Gasteiger partial charge in [0.25, 0.3) is 0 Å². The predicted octanol–water partition coefficient (Wildman–Crippen LogP) is 2.07. The molecule has 0 saturated heterocycles. The number of benzene rings is 1. The lowest BCUT2D eigenvalue weighted by atomic mass is 10.0. The van der Waals surface area contributed by atoms with Crippen molar-refractivity contribution in [3.05, 3.63) is 35.8 Å². The van der Waals surface area contributed by atoms with Crippen LogP contribution in [0.2, 0.25) is 0 Å². The van der Waals surface area contributed by atoms with E-state index in [1.807, 2.05) is 0 Å². The maximum absolute atomic E-state index is 13.1. The fourth-order valence-electron chi connectivity index (χ4n) is 2.22. The van der Waals surface area contributed by atoms with E-state index in [1.165, 1.54) is 12.1 Å². The number of aliphatic carboxylic acids is 1. The highest BCUT2D eigenvalue weighted by molar-refractivity contribution is 5.90. The number of amides is 1. The van der Waals surface area contributed by atoms with Gasteiger partial charge in [-0.15, -0.1) is 0 Å². The Balaban J connectivity index is 2.13. The van der Waals surface area contributed by atoms with E-state index in [0.717, 1.165) is 5.39 Å². The molecule has 2 aromatic rings. The number of nitrogens with one attached hydrogen (secondary N) is 2. The van der Waals surface area contributed by atoms with E-state index in [2.05, 4.69) is 10.3 Å². The van der Waals surface area contributed by atoms with Gasteiger partial charge in [0.1, 0.15) is 11.9 Å². The number of hydrogen-bond donors (Lipinski definition) is 3. The van der Waals surface area contributed by atoms with Gasteiger partial charge < -0.3 is 15.4 Å². The van der Waals surface area contributed by atoms with Crippen molar-refractivity contribution >= 4 is 22.8 Å². The molecule has 0 fully saturated rings. The van der Waals surface area contributed by atoms with Crippen LogP contribution in [0.15, 0.2) is 24.4 Å². The summed E-state index contributed by atoms with van der Waals surface area (Å²) in [6.45, 7) is 3.46. The second kappa shape index (κ2) is 5.95. The van der Waals surface area contributed by atoms with Gasteiger partial charge in [0, 0.05) is 17.1 Å². The normalized spacial score (nSPS) is 12.6. The lowest BCUT2D eigenvalue weighted by Gasteiger charge is -2.17. The highest BCUT2D eigenvalue weighted by atomic mass is 19.1. The number of aromatic nitrogens is 1. The molecule has 6 heteroatoms. The minimum Gasteiger partial charge on any atom is -0.480 e. The molecule has 0 aliphatic carbocycles. The number of fused-ring (bicyclic) bond motifs is 1. The molecule has 0 aliphatic heterocycles. The Labute approximate surface area is 121 Å². The third kappa shape index (κ3) is 3.39. The van der Waals surface area contributed by atoms with E-state index in [1.54, 1.807) is 26.1 Å². The molecule has 112 valence electrons. The number of aromatic amines is 1. The monoisotopic (exact) mass is 292 g/mol. The van der Waals surface area contributed by atoms with Gasteiger partial charge in [-0.25, -0.2) is 9.18 Å². The van der Waals surface area contributed by atoms with E-state index < -0.39 is 12.0 Å². The summed E-state index contributed by atoms with van der Waals surface area (Å²) in [6, 6.07) is 3.36. The van der Waals surface area contributed by atoms with Crippen LogP contribution in [0.5, 0.6) is 0 Å². The van der Waals surface area contributed by atoms with Crippen molar-refractivity contribution < 1.29 is 19.1 Å². The van der Waals surface area contributed by atoms with Crippen molar-refractivity contribution in [2.75, 3.05) is 0 Å². The number of halogens is 1. The van der Waals surface area contributed by atoms with Crippen LogP contribution >= 0.6 is 0 Å². The minimum atomic E-state index is -1.06. The van der Waals surface area contributed by atoms with Crippen LogP contribution < -0.4 is 5.32 Å². The zero-order valence-electron chi connectivity index (χ0n) is 11.8. The average Bonchev–Trinajstić information content (AvgIpc) is 2.77. The Hall–Kier alpha value is -2.37. The van der Waals surface area contributed by atoms with E-state index in [0.29, 0.717) is 11.1 Å². The van der Waals surface area contributed by atoms with Gasteiger partial charge >= 0.3 is 5.97 Å². The smallest absolute Gasteiger partial charge is 0.326 e. The number of carbonyl (C=O) groups excluding carboxylic acids is 1. The molecule has 5 nitrogen and oxygen atoms in total. The molecule has 3 N–H and O–H groups in total. The zero-order chi connectivity index (χ0) is 15.6. The van der Waals surface area contributed by atoms with E-state index in [-0.39, 0.29) is 24.1 Å². The molecule has 1 unspecified atom stereocenters. The Morgan fingerprint density at radius 3 is 2.71 bits per heavy atom. The Kier molecular flexibility index (Phi) is 4.26. The quantitative estimate of drug-likeness (QED) is 0.789. The Bertz CT molecular complexity index is 679. The van der Waals surface area contributed by atoms with Crippen LogP contribution in [0.25, 0.3) is 10.9 Å². The standard InChI is InChI=1S/C15H17FN2O3/c1-8(2)14(15(20)21)18-13(19)5-9-7-17-12-6-10(16)3-4-11(9)12/h3-4,6-8,14,17H,5H2,1-2H3,(H,18,19)(H,20,21). The molecule has 0 radical (unpaired) electrons. The summed E-state index contributed by atoms with van der Waals surface area (Å²) in [6.07, 6.45) is 1.68. The fourth-order valence-corrected chi connectivity index (χ4v) is 2.22. The molecule has 1 aromatic heterocycles. The fraction of sp³-hybridized carbons (Fsp3) is 0.333. The summed E-state index contributed by atoms with van der Waals surface area (Å²) in [5, 5.41) is 12.3. The summed E-state index contributed by atoms with van der Waals surface area (Å²) in [7, 11) is 0. The van der Waals surface area contributed by atoms with Crippen molar-refractivity contribution in [2.24, 2.45) is 5.92 Å². The highest BCUT2D eigenvalue weighted by Crippen LogP contribution is 2.19. The van der Waals surface area contributed by atoms with Gasteiger partial charge in [-0.05, 0) is 29.7 Å². The maximum Gasteiger partial charge on any atom is 0.326 e. The molecule has 1 aromatic carbocycles. The van der Waals surface area contributed by atoms with Crippen molar-refractivity contribution in [3.63, 3.8) is 0 Å². The van der Waals surface area contributed by atoms with Crippen LogP contribution in [0, 0.1) is 11.7 Å². The summed E-state index contributed by atoms with van der Waals surface area (Å²) in [4.78, 5) is 25.9. The number of carboxylic acids is 1. The number of rotatable bonds is 5. The average molecular weight is 292 g/mol. The first kappa shape index (κ1) is 15.0. The molecule has 0 spiro atoms. The summed E-state index contributed by atoms with van der Waals surface area (Å²) in [5.74, 6) is -1.99. The third-order valence-corrected chi connectivity index (χ3v) is 3.33. The van der Waals surface area contributed by atoms with E-state index >= 15 is 0 Å². The van der Waals surface area contributed by atoms with Gasteiger partial charge in [0.2, 0.25) is 5.91 Å². The number of carboxylic acid groups (broad SMARTS) is 1. The summed E-state index contributed by atoms with van der Waals surface area (Å²) >= 11 is 0.